The largest absolute Gasteiger partial charge is 0.396 e. The Morgan fingerprint density at radius 1 is 1.16 bits per heavy atom. The van der Waals surface area contributed by atoms with Gasteiger partial charge in [0.15, 0.2) is 0 Å². The summed E-state index contributed by atoms with van der Waals surface area (Å²) in [6, 6.07) is 14.6. The summed E-state index contributed by atoms with van der Waals surface area (Å²) in [6.07, 6.45) is 7.68. The SMILES string of the molecule is O=C(Cc1cccnc1)N1[C@@H]2CC[C@H]1[C@](CO)(Cc1ccccc1)C2. The molecule has 1 aromatic heterocycles. The minimum absolute atomic E-state index is 0.139. The summed E-state index contributed by atoms with van der Waals surface area (Å²) in [7, 11) is 0. The molecule has 3 heterocycles. The molecule has 3 atom stereocenters. The van der Waals surface area contributed by atoms with Crippen molar-refractivity contribution in [3.63, 3.8) is 0 Å². The number of nitrogens with zero attached hydrogens (tertiary/aromatic N) is 2. The molecule has 130 valence electrons. The number of aromatic nitrogens is 1. The Labute approximate surface area is 148 Å². The van der Waals surface area contributed by atoms with Crippen LogP contribution in [0.15, 0.2) is 54.9 Å². The predicted octanol–water partition coefficient (Wildman–Crippen LogP) is 2.61. The molecule has 2 aromatic rings. The molecule has 4 heteroatoms. The lowest BCUT2D eigenvalue weighted by Crippen LogP contribution is -2.44. The van der Waals surface area contributed by atoms with Gasteiger partial charge in [-0.1, -0.05) is 36.4 Å². The van der Waals surface area contributed by atoms with E-state index in [0.29, 0.717) is 6.42 Å². The van der Waals surface area contributed by atoms with Gasteiger partial charge in [-0.25, -0.2) is 0 Å². The number of aliphatic hydroxyl groups excluding tert-OH is 1. The van der Waals surface area contributed by atoms with E-state index in [4.69, 9.17) is 0 Å². The molecule has 2 fully saturated rings. The first-order chi connectivity index (χ1) is 12.2. The highest BCUT2D eigenvalue weighted by atomic mass is 16.3. The van der Waals surface area contributed by atoms with E-state index in [1.807, 2.05) is 30.3 Å². The monoisotopic (exact) mass is 336 g/mol. The highest BCUT2D eigenvalue weighted by molar-refractivity contribution is 5.80. The maximum Gasteiger partial charge on any atom is 0.227 e. The molecule has 4 rings (SSSR count). The summed E-state index contributed by atoms with van der Waals surface area (Å²) < 4.78 is 0. The second-order valence-electron chi connectivity index (χ2n) is 7.47. The predicted molar refractivity (Wildman–Crippen MR) is 95.9 cm³/mol. The molecule has 1 aromatic carbocycles. The van der Waals surface area contributed by atoms with Gasteiger partial charge in [0.2, 0.25) is 5.91 Å². The van der Waals surface area contributed by atoms with Crippen molar-refractivity contribution in [3.05, 3.63) is 66.0 Å². The van der Waals surface area contributed by atoms with Gasteiger partial charge in [-0.15, -0.1) is 0 Å². The van der Waals surface area contributed by atoms with E-state index in [1.165, 1.54) is 5.56 Å². The first kappa shape index (κ1) is 16.3. The highest BCUT2D eigenvalue weighted by Crippen LogP contribution is 2.51. The Balaban J connectivity index is 1.54. The molecule has 4 nitrogen and oxygen atoms in total. The fourth-order valence-electron chi connectivity index (χ4n) is 4.85. The molecule has 2 aliphatic rings. The quantitative estimate of drug-likeness (QED) is 0.913. The molecule has 2 saturated heterocycles. The van der Waals surface area contributed by atoms with Crippen LogP contribution in [0.1, 0.15) is 30.4 Å². The number of amides is 1. The molecule has 1 amide bonds. The van der Waals surface area contributed by atoms with Crippen molar-refractivity contribution < 1.29 is 9.90 Å². The maximum absolute atomic E-state index is 12.9. The van der Waals surface area contributed by atoms with Gasteiger partial charge in [-0.2, -0.15) is 0 Å². The Kier molecular flexibility index (Phi) is 4.30. The number of aliphatic hydroxyl groups is 1. The second kappa shape index (κ2) is 6.60. The third-order valence-corrected chi connectivity index (χ3v) is 5.93. The number of hydrogen-bond donors (Lipinski definition) is 1. The molecule has 1 N–H and O–H groups in total. The topological polar surface area (TPSA) is 53.4 Å². The number of hydrogen-bond acceptors (Lipinski definition) is 3. The van der Waals surface area contributed by atoms with Crippen molar-refractivity contribution in [1.29, 1.82) is 0 Å². The molecule has 0 spiro atoms. The molecule has 0 saturated carbocycles. The number of carbonyl (C=O) groups excluding carboxylic acids is 1. The Bertz CT molecular complexity index is 734. The number of pyridine rings is 1. The molecular formula is C21H24N2O2. The van der Waals surface area contributed by atoms with Crippen molar-refractivity contribution >= 4 is 5.91 Å². The van der Waals surface area contributed by atoms with Gasteiger partial charge in [-0.3, -0.25) is 9.78 Å². The molecule has 2 aliphatic heterocycles. The molecular weight excluding hydrogens is 312 g/mol. The summed E-state index contributed by atoms with van der Waals surface area (Å²) >= 11 is 0. The molecule has 0 radical (unpaired) electrons. The summed E-state index contributed by atoms with van der Waals surface area (Å²) in [6.45, 7) is 0.139. The van der Waals surface area contributed by atoms with Crippen LogP contribution >= 0.6 is 0 Å². The number of benzene rings is 1. The smallest absolute Gasteiger partial charge is 0.227 e. The molecule has 25 heavy (non-hydrogen) atoms. The van der Waals surface area contributed by atoms with Gasteiger partial charge < -0.3 is 10.0 Å². The standard InChI is InChI=1S/C21H24N2O2/c24-15-21(12-16-5-2-1-3-6-16)13-18-8-9-19(21)23(18)20(25)11-17-7-4-10-22-14-17/h1-7,10,14,18-19,24H,8-9,11-13,15H2/t18-,19+,21-/m1/s1. The Morgan fingerprint density at radius 2 is 1.96 bits per heavy atom. The van der Waals surface area contributed by atoms with E-state index in [0.717, 1.165) is 31.2 Å². The Hall–Kier alpha value is -2.20. The number of rotatable bonds is 5. The van der Waals surface area contributed by atoms with Crippen molar-refractivity contribution in [1.82, 2.24) is 9.88 Å². The van der Waals surface area contributed by atoms with Crippen molar-refractivity contribution in [2.45, 2.75) is 44.2 Å². The minimum atomic E-state index is -0.200. The van der Waals surface area contributed by atoms with Gasteiger partial charge in [-0.05, 0) is 42.9 Å². The van der Waals surface area contributed by atoms with E-state index in [2.05, 4.69) is 22.0 Å². The van der Waals surface area contributed by atoms with E-state index in [9.17, 15) is 9.90 Å². The van der Waals surface area contributed by atoms with Crippen molar-refractivity contribution in [2.75, 3.05) is 6.61 Å². The maximum atomic E-state index is 12.9. The van der Waals surface area contributed by atoms with Crippen LogP contribution in [-0.4, -0.2) is 39.6 Å². The van der Waals surface area contributed by atoms with Crippen molar-refractivity contribution in [2.24, 2.45) is 5.41 Å². The van der Waals surface area contributed by atoms with Crippen LogP contribution in [0.5, 0.6) is 0 Å². The minimum Gasteiger partial charge on any atom is -0.396 e. The fraction of sp³-hybridized carbons (Fsp3) is 0.429. The zero-order valence-electron chi connectivity index (χ0n) is 14.3. The van der Waals surface area contributed by atoms with Crippen molar-refractivity contribution in [3.8, 4) is 0 Å². The van der Waals surface area contributed by atoms with E-state index in [-0.39, 0.29) is 30.0 Å². The Morgan fingerprint density at radius 3 is 2.68 bits per heavy atom. The van der Waals surface area contributed by atoms with Crippen LogP contribution in [0.3, 0.4) is 0 Å². The third-order valence-electron chi connectivity index (χ3n) is 5.93. The normalized spacial score (nSPS) is 27.6. The lowest BCUT2D eigenvalue weighted by atomic mass is 9.70. The molecule has 2 bridgehead atoms. The number of carbonyl (C=O) groups is 1. The van der Waals surface area contributed by atoms with Crippen LogP contribution in [0.25, 0.3) is 0 Å². The molecule has 0 unspecified atom stereocenters. The third kappa shape index (κ3) is 2.95. The lowest BCUT2D eigenvalue weighted by molar-refractivity contribution is -0.132. The summed E-state index contributed by atoms with van der Waals surface area (Å²) in [5.41, 5.74) is 2.00. The van der Waals surface area contributed by atoms with E-state index >= 15 is 0 Å². The lowest BCUT2D eigenvalue weighted by Gasteiger charge is -2.36. The first-order valence-electron chi connectivity index (χ1n) is 9.07. The zero-order valence-corrected chi connectivity index (χ0v) is 14.3. The highest BCUT2D eigenvalue weighted by Gasteiger charge is 2.56. The van der Waals surface area contributed by atoms with Gasteiger partial charge in [0, 0.05) is 29.9 Å². The number of fused-ring (bicyclic) bond motifs is 2. The zero-order chi connectivity index (χ0) is 17.3. The van der Waals surface area contributed by atoms with Gasteiger partial charge >= 0.3 is 0 Å². The summed E-state index contributed by atoms with van der Waals surface area (Å²) in [5.74, 6) is 0.170. The second-order valence-corrected chi connectivity index (χ2v) is 7.47. The average molecular weight is 336 g/mol. The van der Waals surface area contributed by atoms with Crippen LogP contribution < -0.4 is 0 Å². The van der Waals surface area contributed by atoms with Gasteiger partial charge in [0.25, 0.3) is 0 Å². The fourth-order valence-corrected chi connectivity index (χ4v) is 4.85. The summed E-state index contributed by atoms with van der Waals surface area (Å²) in [4.78, 5) is 19.1. The first-order valence-corrected chi connectivity index (χ1v) is 9.07. The summed E-state index contributed by atoms with van der Waals surface area (Å²) in [5, 5.41) is 10.2. The van der Waals surface area contributed by atoms with E-state index in [1.54, 1.807) is 12.4 Å². The van der Waals surface area contributed by atoms with Crippen LogP contribution in [0, 0.1) is 5.41 Å². The van der Waals surface area contributed by atoms with Gasteiger partial charge in [0.1, 0.15) is 0 Å². The molecule has 0 aliphatic carbocycles. The van der Waals surface area contributed by atoms with E-state index < -0.39 is 0 Å². The average Bonchev–Trinajstić information content (AvgIpc) is 3.19. The van der Waals surface area contributed by atoms with Crippen LogP contribution in [-0.2, 0) is 17.6 Å². The van der Waals surface area contributed by atoms with Crippen LogP contribution in [0.4, 0.5) is 0 Å². The van der Waals surface area contributed by atoms with Crippen LogP contribution in [0.2, 0.25) is 0 Å². The van der Waals surface area contributed by atoms with Gasteiger partial charge in [0.05, 0.1) is 13.0 Å².